The third-order valence-electron chi connectivity index (χ3n) is 3.63. The monoisotopic (exact) mass is 293 g/mol. The van der Waals surface area contributed by atoms with Crippen LogP contribution in [0.1, 0.15) is 5.56 Å². The molecule has 3 N–H and O–H groups in total. The van der Waals surface area contributed by atoms with Crippen LogP contribution in [-0.2, 0) is 6.42 Å². The molecule has 0 fully saturated rings. The van der Waals surface area contributed by atoms with Crippen molar-refractivity contribution in [3.8, 4) is 11.5 Å². The number of aliphatic hydroxyl groups excluding tert-OH is 1. The average molecular weight is 293 g/mol. The zero-order valence-electron chi connectivity index (χ0n) is 12.3. The van der Waals surface area contributed by atoms with Gasteiger partial charge in [-0.25, -0.2) is 0 Å². The van der Waals surface area contributed by atoms with Crippen LogP contribution in [0, 0.1) is 0 Å². The largest absolute Gasteiger partial charge is 0.457 e. The summed E-state index contributed by atoms with van der Waals surface area (Å²) < 4.78 is 6.00. The van der Waals surface area contributed by atoms with Gasteiger partial charge >= 0.3 is 0 Å². The van der Waals surface area contributed by atoms with Crippen molar-refractivity contribution in [2.24, 2.45) is 5.73 Å². The summed E-state index contributed by atoms with van der Waals surface area (Å²) in [4.78, 5) is 0. The van der Waals surface area contributed by atoms with Gasteiger partial charge in [0.1, 0.15) is 11.5 Å². The van der Waals surface area contributed by atoms with Gasteiger partial charge in [0.25, 0.3) is 0 Å². The zero-order chi connectivity index (χ0) is 15.4. The van der Waals surface area contributed by atoms with Crippen molar-refractivity contribution in [1.29, 1.82) is 0 Å². The van der Waals surface area contributed by atoms with Crippen LogP contribution in [0.25, 0.3) is 10.8 Å². The van der Waals surface area contributed by atoms with Gasteiger partial charge in [0, 0.05) is 11.4 Å². The fourth-order valence-electron chi connectivity index (χ4n) is 2.47. The van der Waals surface area contributed by atoms with Crippen LogP contribution in [0.5, 0.6) is 11.5 Å². The van der Waals surface area contributed by atoms with E-state index in [-0.39, 0.29) is 12.6 Å². The molecule has 3 aromatic carbocycles. The second kappa shape index (κ2) is 6.60. The lowest BCUT2D eigenvalue weighted by molar-refractivity contribution is 0.265. The molecule has 112 valence electrons. The van der Waals surface area contributed by atoms with E-state index in [9.17, 15) is 0 Å². The lowest BCUT2D eigenvalue weighted by Gasteiger charge is -2.11. The number of hydrogen-bond acceptors (Lipinski definition) is 3. The predicted octanol–water partition coefficient (Wildman–Crippen LogP) is 3.49. The summed E-state index contributed by atoms with van der Waals surface area (Å²) in [5.74, 6) is 1.63. The van der Waals surface area contributed by atoms with Gasteiger partial charge in [-0.1, -0.05) is 48.5 Å². The minimum absolute atomic E-state index is 0.00570. The first-order valence-electron chi connectivity index (χ1n) is 7.37. The van der Waals surface area contributed by atoms with E-state index < -0.39 is 0 Å². The number of hydrogen-bond donors (Lipinski definition) is 2. The minimum atomic E-state index is -0.218. The van der Waals surface area contributed by atoms with Crippen LogP contribution in [0.2, 0.25) is 0 Å². The fraction of sp³-hybridized carbons (Fsp3) is 0.158. The van der Waals surface area contributed by atoms with Crippen LogP contribution < -0.4 is 10.5 Å². The Morgan fingerprint density at radius 2 is 1.64 bits per heavy atom. The molecule has 0 unspecified atom stereocenters. The first-order valence-corrected chi connectivity index (χ1v) is 7.37. The third kappa shape index (κ3) is 3.27. The first kappa shape index (κ1) is 14.6. The molecule has 0 aliphatic rings. The van der Waals surface area contributed by atoms with E-state index in [1.807, 2.05) is 48.5 Å². The maximum Gasteiger partial charge on any atom is 0.135 e. The highest BCUT2D eigenvalue weighted by Gasteiger charge is 2.05. The molecule has 22 heavy (non-hydrogen) atoms. The van der Waals surface area contributed by atoms with Crippen LogP contribution in [0.3, 0.4) is 0 Å². The highest BCUT2D eigenvalue weighted by Crippen LogP contribution is 2.29. The molecule has 0 amide bonds. The highest BCUT2D eigenvalue weighted by molar-refractivity contribution is 5.88. The van der Waals surface area contributed by atoms with Gasteiger partial charge in [-0.05, 0) is 35.6 Å². The van der Waals surface area contributed by atoms with Crippen molar-refractivity contribution in [3.05, 3.63) is 72.3 Å². The summed E-state index contributed by atoms with van der Waals surface area (Å²) in [6.07, 6.45) is 0.658. The number of fused-ring (bicyclic) bond motifs is 1. The quantitative estimate of drug-likeness (QED) is 0.757. The van der Waals surface area contributed by atoms with E-state index in [1.54, 1.807) is 0 Å². The van der Waals surface area contributed by atoms with E-state index in [0.29, 0.717) is 6.42 Å². The Kier molecular flexibility index (Phi) is 4.37. The third-order valence-corrected chi connectivity index (χ3v) is 3.63. The molecule has 0 spiro atoms. The van der Waals surface area contributed by atoms with Crippen molar-refractivity contribution in [2.75, 3.05) is 6.61 Å². The van der Waals surface area contributed by atoms with Crippen molar-refractivity contribution in [2.45, 2.75) is 12.5 Å². The fourth-order valence-corrected chi connectivity index (χ4v) is 2.47. The van der Waals surface area contributed by atoms with E-state index in [2.05, 4.69) is 18.2 Å². The van der Waals surface area contributed by atoms with Gasteiger partial charge < -0.3 is 15.6 Å². The summed E-state index contributed by atoms with van der Waals surface area (Å²) in [6, 6.07) is 21.8. The molecule has 3 aromatic rings. The topological polar surface area (TPSA) is 55.5 Å². The molecule has 0 radical (unpaired) electrons. The van der Waals surface area contributed by atoms with Gasteiger partial charge in [-0.2, -0.15) is 0 Å². The van der Waals surface area contributed by atoms with E-state index >= 15 is 0 Å². The average Bonchev–Trinajstić information content (AvgIpc) is 2.57. The Morgan fingerprint density at radius 3 is 2.41 bits per heavy atom. The normalized spacial score (nSPS) is 12.3. The summed E-state index contributed by atoms with van der Waals surface area (Å²) >= 11 is 0. The second-order valence-electron chi connectivity index (χ2n) is 5.37. The Balaban J connectivity index is 1.80. The van der Waals surface area contributed by atoms with Crippen LogP contribution in [-0.4, -0.2) is 17.8 Å². The summed E-state index contributed by atoms with van der Waals surface area (Å²) in [6.45, 7) is -0.00570. The molecular weight excluding hydrogens is 274 g/mol. The molecule has 0 saturated heterocycles. The van der Waals surface area contributed by atoms with Crippen molar-refractivity contribution >= 4 is 10.8 Å². The Morgan fingerprint density at radius 1 is 0.909 bits per heavy atom. The summed E-state index contributed by atoms with van der Waals surface area (Å²) in [7, 11) is 0. The van der Waals surface area contributed by atoms with Crippen LogP contribution in [0.15, 0.2) is 66.7 Å². The minimum Gasteiger partial charge on any atom is -0.457 e. The SMILES string of the molecule is N[C@H](CO)Cc1ccc(Oc2cccc3ccccc23)cc1. The number of ether oxygens (including phenoxy) is 1. The molecular formula is C19H19NO2. The standard InChI is InChI=1S/C19H19NO2/c20-16(13-21)12-14-8-10-17(11-9-14)22-19-7-3-5-15-4-1-2-6-18(15)19/h1-11,16,21H,12-13,20H2/t16-/m0/s1. The molecule has 0 aromatic heterocycles. The van der Waals surface area contributed by atoms with Crippen molar-refractivity contribution in [1.82, 2.24) is 0 Å². The number of aliphatic hydroxyl groups is 1. The molecule has 0 saturated carbocycles. The van der Waals surface area contributed by atoms with Crippen molar-refractivity contribution in [3.63, 3.8) is 0 Å². The molecule has 3 rings (SSSR count). The molecule has 1 atom stereocenters. The molecule has 0 bridgehead atoms. The lowest BCUT2D eigenvalue weighted by Crippen LogP contribution is -2.26. The second-order valence-corrected chi connectivity index (χ2v) is 5.37. The van der Waals surface area contributed by atoms with E-state index in [0.717, 1.165) is 27.8 Å². The van der Waals surface area contributed by atoms with Gasteiger partial charge in [0.15, 0.2) is 0 Å². The predicted molar refractivity (Wildman–Crippen MR) is 89.2 cm³/mol. The van der Waals surface area contributed by atoms with E-state index in [1.165, 1.54) is 0 Å². The molecule has 0 aliphatic carbocycles. The van der Waals surface area contributed by atoms with Gasteiger partial charge in [0.2, 0.25) is 0 Å². The van der Waals surface area contributed by atoms with E-state index in [4.69, 9.17) is 15.6 Å². The van der Waals surface area contributed by atoms with Crippen LogP contribution >= 0.6 is 0 Å². The first-order chi connectivity index (χ1) is 10.8. The smallest absolute Gasteiger partial charge is 0.135 e. The molecule has 0 aliphatic heterocycles. The number of rotatable bonds is 5. The maximum absolute atomic E-state index is 9.00. The van der Waals surface area contributed by atoms with Gasteiger partial charge in [0.05, 0.1) is 6.61 Å². The maximum atomic E-state index is 9.00. The highest BCUT2D eigenvalue weighted by atomic mass is 16.5. The number of benzene rings is 3. The summed E-state index contributed by atoms with van der Waals surface area (Å²) in [5, 5.41) is 11.2. The zero-order valence-corrected chi connectivity index (χ0v) is 12.3. The Hall–Kier alpha value is -2.36. The molecule has 3 nitrogen and oxygen atoms in total. The van der Waals surface area contributed by atoms with Crippen molar-refractivity contribution < 1.29 is 9.84 Å². The Bertz CT molecular complexity index is 747. The van der Waals surface area contributed by atoms with Crippen LogP contribution in [0.4, 0.5) is 0 Å². The van der Waals surface area contributed by atoms with Gasteiger partial charge in [-0.15, -0.1) is 0 Å². The lowest BCUT2D eigenvalue weighted by atomic mass is 10.1. The Labute approximate surface area is 130 Å². The molecule has 0 heterocycles. The number of nitrogens with two attached hydrogens (primary N) is 1. The van der Waals surface area contributed by atoms with Gasteiger partial charge in [-0.3, -0.25) is 0 Å². The summed E-state index contributed by atoms with van der Waals surface area (Å²) in [5.41, 5.74) is 6.84. The molecule has 3 heteroatoms.